The third kappa shape index (κ3) is 14.5. The number of quaternary nitrogens is 1. The Morgan fingerprint density at radius 2 is 1.17 bits per heavy atom. The summed E-state index contributed by atoms with van der Waals surface area (Å²) < 4.78 is 0.236. The summed E-state index contributed by atoms with van der Waals surface area (Å²) in [5.41, 5.74) is 0. The number of carboxylic acids is 1. The minimum Gasteiger partial charge on any atom is -0.544 e. The summed E-state index contributed by atoms with van der Waals surface area (Å²) >= 11 is 0. The topological polar surface area (TPSA) is 69.2 Å². The molecule has 1 amide bonds. The normalized spacial score (nSPS) is 13.8. The van der Waals surface area contributed by atoms with Crippen LogP contribution in [0.3, 0.4) is 0 Å². The van der Waals surface area contributed by atoms with Gasteiger partial charge in [0.2, 0.25) is 5.91 Å². The third-order valence-electron chi connectivity index (χ3n) is 5.75. The second kappa shape index (κ2) is 16.7. The standard InChI is InChI=1S/C24H48N2O3/c1-6-8-9-10-11-12-13-14-15-16-17-18-19-20-22(27)25-21(7-2)23(24(28)29)26(3,4)5/h21,23H,6-20H2,1-5H3,(H-,25,27,28,29). The Balaban J connectivity index is 3.79. The predicted octanol–water partition coefficient (Wildman–Crippen LogP) is 4.19. The average Bonchev–Trinajstić information content (AvgIpc) is 2.63. The molecule has 0 saturated carbocycles. The van der Waals surface area contributed by atoms with Crippen LogP contribution in [-0.4, -0.2) is 49.6 Å². The third-order valence-corrected chi connectivity index (χ3v) is 5.75. The van der Waals surface area contributed by atoms with Crippen molar-refractivity contribution in [3.63, 3.8) is 0 Å². The maximum atomic E-state index is 12.2. The molecule has 29 heavy (non-hydrogen) atoms. The van der Waals surface area contributed by atoms with Crippen LogP contribution in [0.5, 0.6) is 0 Å². The number of carbonyl (C=O) groups excluding carboxylic acids is 2. The summed E-state index contributed by atoms with van der Waals surface area (Å²) in [4.78, 5) is 23.8. The summed E-state index contributed by atoms with van der Waals surface area (Å²) in [6.45, 7) is 4.16. The molecule has 0 aromatic carbocycles. The van der Waals surface area contributed by atoms with Crippen LogP contribution in [0.4, 0.5) is 0 Å². The van der Waals surface area contributed by atoms with Crippen molar-refractivity contribution in [3.8, 4) is 0 Å². The number of amides is 1. The van der Waals surface area contributed by atoms with E-state index in [1.807, 2.05) is 28.1 Å². The number of unbranched alkanes of at least 4 members (excludes halogenated alkanes) is 12. The SMILES string of the molecule is CCCCCCCCCCCCCCCC(=O)NC(CC)C(C(=O)[O-])[N+](C)(C)C. The van der Waals surface area contributed by atoms with Gasteiger partial charge in [0.15, 0.2) is 0 Å². The highest BCUT2D eigenvalue weighted by atomic mass is 16.4. The Morgan fingerprint density at radius 3 is 1.52 bits per heavy atom. The van der Waals surface area contributed by atoms with Gasteiger partial charge in [-0.1, -0.05) is 90.9 Å². The molecular formula is C24H48N2O3. The second-order valence-corrected chi connectivity index (χ2v) is 9.46. The van der Waals surface area contributed by atoms with Crippen LogP contribution in [0.25, 0.3) is 0 Å². The number of rotatable bonds is 19. The predicted molar refractivity (Wildman–Crippen MR) is 119 cm³/mol. The quantitative estimate of drug-likeness (QED) is 0.255. The average molecular weight is 413 g/mol. The van der Waals surface area contributed by atoms with E-state index in [4.69, 9.17) is 0 Å². The number of likely N-dealkylation sites (N-methyl/N-ethyl adjacent to an activating group) is 1. The number of carbonyl (C=O) groups is 2. The molecule has 0 rings (SSSR count). The zero-order valence-electron chi connectivity index (χ0n) is 19.9. The summed E-state index contributed by atoms with van der Waals surface area (Å²) in [7, 11) is 5.46. The highest BCUT2D eigenvalue weighted by Crippen LogP contribution is 2.14. The molecule has 0 saturated heterocycles. The molecule has 1 N–H and O–H groups in total. The van der Waals surface area contributed by atoms with Gasteiger partial charge in [-0.3, -0.25) is 4.79 Å². The number of hydrogen-bond donors (Lipinski definition) is 1. The summed E-state index contributed by atoms with van der Waals surface area (Å²) in [5.74, 6) is -1.15. The zero-order valence-corrected chi connectivity index (χ0v) is 19.9. The van der Waals surface area contributed by atoms with Crippen LogP contribution in [-0.2, 0) is 9.59 Å². The molecule has 0 aliphatic rings. The number of nitrogens with zero attached hydrogens (tertiary/aromatic N) is 1. The van der Waals surface area contributed by atoms with Gasteiger partial charge in [0, 0.05) is 6.42 Å². The first-order valence-electron chi connectivity index (χ1n) is 12.0. The largest absolute Gasteiger partial charge is 0.544 e. The van der Waals surface area contributed by atoms with Gasteiger partial charge in [-0.25, -0.2) is 0 Å². The minimum atomic E-state index is -1.11. The molecule has 0 aliphatic carbocycles. The lowest BCUT2D eigenvalue weighted by Crippen LogP contribution is -2.64. The lowest BCUT2D eigenvalue weighted by Gasteiger charge is -2.39. The minimum absolute atomic E-state index is 0.0420. The van der Waals surface area contributed by atoms with Crippen LogP contribution in [0.15, 0.2) is 0 Å². The van der Waals surface area contributed by atoms with Gasteiger partial charge in [0.25, 0.3) is 0 Å². The molecule has 0 bridgehead atoms. The molecule has 0 aliphatic heterocycles. The molecule has 0 fully saturated rings. The number of hydrogen-bond acceptors (Lipinski definition) is 3. The Kier molecular flexibility index (Phi) is 16.0. The fourth-order valence-corrected chi connectivity index (χ4v) is 4.01. The monoisotopic (exact) mass is 412 g/mol. The van der Waals surface area contributed by atoms with Crippen molar-refractivity contribution in [1.82, 2.24) is 5.32 Å². The molecular weight excluding hydrogens is 364 g/mol. The number of nitrogens with one attached hydrogen (secondary N) is 1. The van der Waals surface area contributed by atoms with E-state index in [0.717, 1.165) is 12.8 Å². The highest BCUT2D eigenvalue weighted by Gasteiger charge is 2.33. The van der Waals surface area contributed by atoms with Gasteiger partial charge in [-0.2, -0.15) is 0 Å². The smallest absolute Gasteiger partial charge is 0.220 e. The van der Waals surface area contributed by atoms with Gasteiger partial charge in [0.05, 0.1) is 27.2 Å². The summed E-state index contributed by atoms with van der Waals surface area (Å²) in [5, 5.41) is 14.5. The molecule has 0 heterocycles. The molecule has 5 heteroatoms. The fraction of sp³-hybridized carbons (Fsp3) is 0.917. The Labute approximate surface area is 180 Å². The van der Waals surface area contributed by atoms with Crippen molar-refractivity contribution in [2.24, 2.45) is 0 Å². The van der Waals surface area contributed by atoms with Crippen molar-refractivity contribution >= 4 is 11.9 Å². The van der Waals surface area contributed by atoms with Crippen LogP contribution >= 0.6 is 0 Å². The van der Waals surface area contributed by atoms with E-state index >= 15 is 0 Å². The summed E-state index contributed by atoms with van der Waals surface area (Å²) in [6, 6.07) is -1.13. The first-order valence-corrected chi connectivity index (χ1v) is 12.0. The van der Waals surface area contributed by atoms with E-state index in [2.05, 4.69) is 12.2 Å². The van der Waals surface area contributed by atoms with Gasteiger partial charge in [0.1, 0.15) is 12.0 Å². The van der Waals surface area contributed by atoms with Crippen molar-refractivity contribution < 1.29 is 19.2 Å². The molecule has 0 aromatic rings. The van der Waals surface area contributed by atoms with Crippen molar-refractivity contribution in [3.05, 3.63) is 0 Å². The highest BCUT2D eigenvalue weighted by molar-refractivity contribution is 5.78. The van der Waals surface area contributed by atoms with E-state index in [9.17, 15) is 14.7 Å². The second-order valence-electron chi connectivity index (χ2n) is 9.46. The zero-order chi connectivity index (χ0) is 22.1. The van der Waals surface area contributed by atoms with E-state index in [1.54, 1.807) is 0 Å². The van der Waals surface area contributed by atoms with Crippen molar-refractivity contribution in [2.45, 2.75) is 122 Å². The molecule has 0 spiro atoms. The first kappa shape index (κ1) is 27.9. The molecule has 172 valence electrons. The summed E-state index contributed by atoms with van der Waals surface area (Å²) in [6.07, 6.45) is 17.7. The van der Waals surface area contributed by atoms with E-state index < -0.39 is 18.1 Å². The molecule has 0 radical (unpaired) electrons. The fourth-order valence-electron chi connectivity index (χ4n) is 4.01. The molecule has 2 atom stereocenters. The van der Waals surface area contributed by atoms with E-state index in [1.165, 1.54) is 70.6 Å². The van der Waals surface area contributed by atoms with Crippen LogP contribution in [0.1, 0.15) is 110 Å². The molecule has 0 aromatic heterocycles. The Hall–Kier alpha value is -1.10. The van der Waals surface area contributed by atoms with Gasteiger partial charge in [-0.05, 0) is 12.8 Å². The molecule has 2 unspecified atom stereocenters. The Bertz CT molecular complexity index is 432. The lowest BCUT2D eigenvalue weighted by molar-refractivity contribution is -0.890. The van der Waals surface area contributed by atoms with Gasteiger partial charge < -0.3 is 19.7 Å². The van der Waals surface area contributed by atoms with E-state index in [0.29, 0.717) is 12.8 Å². The maximum absolute atomic E-state index is 12.2. The Morgan fingerprint density at radius 1 is 0.759 bits per heavy atom. The first-order chi connectivity index (χ1) is 13.7. The van der Waals surface area contributed by atoms with Gasteiger partial charge >= 0.3 is 0 Å². The molecule has 5 nitrogen and oxygen atoms in total. The van der Waals surface area contributed by atoms with Crippen LogP contribution in [0, 0.1) is 0 Å². The maximum Gasteiger partial charge on any atom is 0.220 e. The van der Waals surface area contributed by atoms with Crippen LogP contribution in [0.2, 0.25) is 0 Å². The van der Waals surface area contributed by atoms with Crippen molar-refractivity contribution in [2.75, 3.05) is 21.1 Å². The number of carboxylic acid groups (broad SMARTS) is 1. The van der Waals surface area contributed by atoms with Crippen molar-refractivity contribution in [1.29, 1.82) is 0 Å². The van der Waals surface area contributed by atoms with Gasteiger partial charge in [-0.15, -0.1) is 0 Å². The number of aliphatic carboxylic acids is 1. The van der Waals surface area contributed by atoms with Crippen LogP contribution < -0.4 is 10.4 Å². The van der Waals surface area contributed by atoms with E-state index in [-0.39, 0.29) is 10.4 Å². The lowest BCUT2D eigenvalue weighted by atomic mass is 10.0.